The molecule has 0 unspecified atom stereocenters. The highest BCUT2D eigenvalue weighted by molar-refractivity contribution is 5.79. The van der Waals surface area contributed by atoms with E-state index < -0.39 is 0 Å². The molecule has 1 rings (SSSR count). The predicted octanol–water partition coefficient (Wildman–Crippen LogP) is 2.53. The summed E-state index contributed by atoms with van der Waals surface area (Å²) in [7, 11) is 0. The third-order valence-electron chi connectivity index (χ3n) is 3.79. The molecular weight excluding hydrogens is 252 g/mol. The first-order chi connectivity index (χ1) is 9.22. The van der Waals surface area contributed by atoms with Crippen LogP contribution in [0.15, 0.2) is 0 Å². The van der Waals surface area contributed by atoms with Crippen LogP contribution in [0.25, 0.3) is 0 Å². The van der Waals surface area contributed by atoms with Crippen molar-refractivity contribution in [1.82, 2.24) is 9.80 Å². The van der Waals surface area contributed by atoms with Gasteiger partial charge in [-0.1, -0.05) is 27.7 Å². The van der Waals surface area contributed by atoms with E-state index in [1.165, 1.54) is 0 Å². The van der Waals surface area contributed by atoms with Crippen molar-refractivity contribution < 1.29 is 9.59 Å². The Morgan fingerprint density at radius 2 is 1.15 bits per heavy atom. The Balaban J connectivity index is 2.66. The molecule has 0 N–H and O–H groups in total. The Morgan fingerprint density at radius 1 is 0.850 bits per heavy atom. The summed E-state index contributed by atoms with van der Waals surface area (Å²) in [4.78, 5) is 28.4. The third kappa shape index (κ3) is 4.50. The first-order valence-corrected chi connectivity index (χ1v) is 7.81. The van der Waals surface area contributed by atoms with E-state index in [-0.39, 0.29) is 23.9 Å². The van der Waals surface area contributed by atoms with Crippen molar-refractivity contribution in [2.24, 2.45) is 11.8 Å². The fourth-order valence-electron chi connectivity index (χ4n) is 2.75. The van der Waals surface area contributed by atoms with E-state index in [0.717, 1.165) is 0 Å². The quantitative estimate of drug-likeness (QED) is 0.795. The number of nitrogens with zero attached hydrogens (tertiary/aromatic N) is 2. The maximum Gasteiger partial charge on any atom is 0.223 e. The lowest BCUT2D eigenvalue weighted by molar-refractivity contribution is -0.146. The van der Waals surface area contributed by atoms with E-state index in [4.69, 9.17) is 0 Å². The number of hydrogen-bond donors (Lipinski definition) is 0. The summed E-state index contributed by atoms with van der Waals surface area (Å²) in [5.41, 5.74) is 0. The maximum absolute atomic E-state index is 12.2. The average Bonchev–Trinajstić information content (AvgIpc) is 2.29. The molecule has 0 aromatic carbocycles. The fourth-order valence-corrected chi connectivity index (χ4v) is 2.75. The first-order valence-electron chi connectivity index (χ1n) is 7.81. The Kier molecular flexibility index (Phi) is 6.03. The van der Waals surface area contributed by atoms with Gasteiger partial charge in [-0.3, -0.25) is 9.59 Å². The third-order valence-corrected chi connectivity index (χ3v) is 3.79. The predicted molar refractivity (Wildman–Crippen MR) is 81.3 cm³/mol. The molecule has 0 aromatic rings. The minimum Gasteiger partial charge on any atom is -0.336 e. The van der Waals surface area contributed by atoms with Gasteiger partial charge in [-0.05, 0) is 25.7 Å². The van der Waals surface area contributed by atoms with Crippen LogP contribution in [0.5, 0.6) is 0 Å². The van der Waals surface area contributed by atoms with E-state index in [0.29, 0.717) is 37.8 Å². The zero-order valence-corrected chi connectivity index (χ0v) is 13.8. The van der Waals surface area contributed by atoms with E-state index in [2.05, 4.69) is 27.7 Å². The highest BCUT2D eigenvalue weighted by atomic mass is 16.2. The molecule has 0 aliphatic carbocycles. The molecule has 1 fully saturated rings. The maximum atomic E-state index is 12.2. The molecule has 0 spiro atoms. The molecule has 0 saturated carbocycles. The molecule has 0 radical (unpaired) electrons. The molecule has 4 nitrogen and oxygen atoms in total. The lowest BCUT2D eigenvalue weighted by Gasteiger charge is -2.44. The van der Waals surface area contributed by atoms with E-state index in [9.17, 15) is 9.59 Å². The SMILES string of the molecule is CC(C)CC(=O)N1C[C@H](C)N(C(=O)CC(C)C)C[C@@H]1C. The second-order valence-corrected chi connectivity index (χ2v) is 6.99. The summed E-state index contributed by atoms with van der Waals surface area (Å²) >= 11 is 0. The first kappa shape index (κ1) is 17.0. The lowest BCUT2D eigenvalue weighted by Crippen LogP contribution is -2.59. The molecule has 0 bridgehead atoms. The van der Waals surface area contributed by atoms with Crippen LogP contribution in [0.1, 0.15) is 54.4 Å². The molecule has 116 valence electrons. The second-order valence-electron chi connectivity index (χ2n) is 6.99. The molecule has 2 atom stereocenters. The summed E-state index contributed by atoms with van der Waals surface area (Å²) in [5, 5.41) is 0. The van der Waals surface area contributed by atoms with Crippen LogP contribution in [0.4, 0.5) is 0 Å². The van der Waals surface area contributed by atoms with Gasteiger partial charge < -0.3 is 9.80 Å². The van der Waals surface area contributed by atoms with Crippen molar-refractivity contribution in [3.05, 3.63) is 0 Å². The summed E-state index contributed by atoms with van der Waals surface area (Å²) in [6, 6.07) is 0.238. The summed E-state index contributed by atoms with van der Waals surface area (Å²) in [6.45, 7) is 13.7. The Morgan fingerprint density at radius 3 is 1.40 bits per heavy atom. The van der Waals surface area contributed by atoms with Crippen molar-refractivity contribution >= 4 is 11.8 Å². The van der Waals surface area contributed by atoms with Crippen molar-refractivity contribution in [3.63, 3.8) is 0 Å². The summed E-state index contributed by atoms with van der Waals surface area (Å²) in [5.74, 6) is 1.20. The number of hydrogen-bond acceptors (Lipinski definition) is 2. The fraction of sp³-hybridized carbons (Fsp3) is 0.875. The zero-order chi connectivity index (χ0) is 15.4. The molecule has 4 heteroatoms. The zero-order valence-electron chi connectivity index (χ0n) is 13.8. The van der Waals surface area contributed by atoms with Gasteiger partial charge in [0, 0.05) is 38.0 Å². The largest absolute Gasteiger partial charge is 0.336 e. The van der Waals surface area contributed by atoms with E-state index in [1.54, 1.807) is 0 Å². The van der Waals surface area contributed by atoms with Crippen molar-refractivity contribution in [3.8, 4) is 0 Å². The minimum atomic E-state index is 0.119. The summed E-state index contributed by atoms with van der Waals surface area (Å²) in [6.07, 6.45) is 1.19. The monoisotopic (exact) mass is 282 g/mol. The highest BCUT2D eigenvalue weighted by Crippen LogP contribution is 2.19. The van der Waals surface area contributed by atoms with Gasteiger partial charge in [0.1, 0.15) is 0 Å². The number of carbonyl (C=O) groups is 2. The van der Waals surface area contributed by atoms with E-state index in [1.807, 2.05) is 23.6 Å². The van der Waals surface area contributed by atoms with Crippen molar-refractivity contribution in [2.45, 2.75) is 66.5 Å². The topological polar surface area (TPSA) is 40.6 Å². The van der Waals surface area contributed by atoms with Crippen LogP contribution in [-0.2, 0) is 9.59 Å². The van der Waals surface area contributed by atoms with Gasteiger partial charge in [-0.25, -0.2) is 0 Å². The Bertz CT molecular complexity index is 318. The molecule has 1 aliphatic rings. The van der Waals surface area contributed by atoms with Crippen molar-refractivity contribution in [1.29, 1.82) is 0 Å². The number of amides is 2. The lowest BCUT2D eigenvalue weighted by atomic mass is 10.0. The van der Waals surface area contributed by atoms with Gasteiger partial charge in [-0.2, -0.15) is 0 Å². The molecule has 1 saturated heterocycles. The van der Waals surface area contributed by atoms with Crippen LogP contribution in [-0.4, -0.2) is 46.8 Å². The highest BCUT2D eigenvalue weighted by Gasteiger charge is 2.34. The molecule has 20 heavy (non-hydrogen) atoms. The normalized spacial score (nSPS) is 23.6. The molecule has 0 aromatic heterocycles. The van der Waals surface area contributed by atoms with Crippen LogP contribution < -0.4 is 0 Å². The van der Waals surface area contributed by atoms with Gasteiger partial charge >= 0.3 is 0 Å². The number of rotatable bonds is 4. The van der Waals surface area contributed by atoms with Gasteiger partial charge in [0.15, 0.2) is 0 Å². The van der Waals surface area contributed by atoms with Gasteiger partial charge in [0.2, 0.25) is 11.8 Å². The van der Waals surface area contributed by atoms with Crippen LogP contribution in [0, 0.1) is 11.8 Å². The molecular formula is C16H30N2O2. The van der Waals surface area contributed by atoms with Gasteiger partial charge in [0.05, 0.1) is 0 Å². The van der Waals surface area contributed by atoms with Gasteiger partial charge in [0.25, 0.3) is 0 Å². The summed E-state index contributed by atoms with van der Waals surface area (Å²) < 4.78 is 0. The Labute approximate surface area is 123 Å². The second kappa shape index (κ2) is 7.09. The van der Waals surface area contributed by atoms with Crippen LogP contribution in [0.2, 0.25) is 0 Å². The van der Waals surface area contributed by atoms with Crippen LogP contribution >= 0.6 is 0 Å². The number of piperazine rings is 1. The molecule has 2 amide bonds. The van der Waals surface area contributed by atoms with E-state index >= 15 is 0 Å². The van der Waals surface area contributed by atoms with Crippen LogP contribution in [0.3, 0.4) is 0 Å². The standard InChI is InChI=1S/C16H30N2O2/c1-11(2)7-15(19)17-9-14(6)18(10-13(17)5)16(20)8-12(3)4/h11-14H,7-10H2,1-6H3/t13-,14-/m0/s1. The minimum absolute atomic E-state index is 0.119. The molecule has 1 aliphatic heterocycles. The smallest absolute Gasteiger partial charge is 0.223 e. The molecule has 1 heterocycles. The van der Waals surface area contributed by atoms with Crippen molar-refractivity contribution in [2.75, 3.05) is 13.1 Å². The number of carbonyl (C=O) groups excluding carboxylic acids is 2. The average molecular weight is 282 g/mol. The Hall–Kier alpha value is -1.06. The van der Waals surface area contributed by atoms with Gasteiger partial charge in [-0.15, -0.1) is 0 Å².